The molecule has 5 heteroatoms. The van der Waals surface area contributed by atoms with Crippen LogP contribution in [0.1, 0.15) is 24.8 Å². The molecule has 1 aromatic rings. The topological polar surface area (TPSA) is 69.6 Å². The highest BCUT2D eigenvalue weighted by Gasteiger charge is 2.25. The molecule has 1 aliphatic heterocycles. The monoisotopic (exact) mass is 276 g/mol. The summed E-state index contributed by atoms with van der Waals surface area (Å²) in [5, 5.41) is 11.7. The molecular weight excluding hydrogens is 256 g/mol. The normalized spacial score (nSPS) is 18.6. The number of hydrogen-bond acceptors (Lipinski definition) is 2. The average molecular weight is 276 g/mol. The molecule has 0 radical (unpaired) electrons. The van der Waals surface area contributed by atoms with Gasteiger partial charge in [0, 0.05) is 25.2 Å². The Morgan fingerprint density at radius 2 is 2.25 bits per heavy atom. The van der Waals surface area contributed by atoms with E-state index in [2.05, 4.69) is 5.32 Å². The Morgan fingerprint density at radius 3 is 2.95 bits per heavy atom. The fourth-order valence-electron chi connectivity index (χ4n) is 2.59. The van der Waals surface area contributed by atoms with Crippen molar-refractivity contribution in [3.8, 4) is 0 Å². The summed E-state index contributed by atoms with van der Waals surface area (Å²) in [5.41, 5.74) is 1.86. The first-order valence-corrected chi connectivity index (χ1v) is 6.89. The van der Waals surface area contributed by atoms with Crippen molar-refractivity contribution in [3.63, 3.8) is 0 Å². The SMILES string of the molecule is Cc1cccc(NC(=O)N2CCCC(CC(=O)O)C2)c1. The first-order chi connectivity index (χ1) is 9.54. The molecule has 1 aliphatic rings. The molecule has 1 unspecified atom stereocenters. The number of hydrogen-bond donors (Lipinski definition) is 2. The van der Waals surface area contributed by atoms with E-state index in [0.29, 0.717) is 13.1 Å². The number of rotatable bonds is 3. The zero-order chi connectivity index (χ0) is 14.5. The lowest BCUT2D eigenvalue weighted by Gasteiger charge is -2.32. The number of carbonyl (C=O) groups is 2. The molecule has 0 bridgehead atoms. The van der Waals surface area contributed by atoms with Crippen LogP contribution < -0.4 is 5.32 Å². The first-order valence-electron chi connectivity index (χ1n) is 6.89. The first kappa shape index (κ1) is 14.4. The predicted molar refractivity (Wildman–Crippen MR) is 76.7 cm³/mol. The lowest BCUT2D eigenvalue weighted by Crippen LogP contribution is -2.42. The van der Waals surface area contributed by atoms with Crippen LogP contribution in [-0.4, -0.2) is 35.1 Å². The van der Waals surface area contributed by atoms with Crippen LogP contribution in [0.3, 0.4) is 0 Å². The number of anilines is 1. The summed E-state index contributed by atoms with van der Waals surface area (Å²) in [5.74, 6) is -0.736. The van der Waals surface area contributed by atoms with E-state index >= 15 is 0 Å². The molecule has 1 heterocycles. The highest BCUT2D eigenvalue weighted by molar-refractivity contribution is 5.89. The molecule has 1 aromatic carbocycles. The third-order valence-corrected chi connectivity index (χ3v) is 3.54. The van der Waals surface area contributed by atoms with Crippen LogP contribution >= 0.6 is 0 Å². The van der Waals surface area contributed by atoms with Crippen LogP contribution in [0.2, 0.25) is 0 Å². The maximum absolute atomic E-state index is 12.2. The van der Waals surface area contributed by atoms with E-state index in [1.807, 2.05) is 31.2 Å². The fraction of sp³-hybridized carbons (Fsp3) is 0.467. The molecule has 108 valence electrons. The Morgan fingerprint density at radius 1 is 1.45 bits per heavy atom. The van der Waals surface area contributed by atoms with Gasteiger partial charge in [-0.2, -0.15) is 0 Å². The van der Waals surface area contributed by atoms with Gasteiger partial charge in [-0.1, -0.05) is 12.1 Å². The quantitative estimate of drug-likeness (QED) is 0.891. The minimum atomic E-state index is -0.795. The molecule has 0 aliphatic carbocycles. The number of urea groups is 1. The Kier molecular flexibility index (Phi) is 4.61. The zero-order valence-electron chi connectivity index (χ0n) is 11.6. The summed E-state index contributed by atoms with van der Waals surface area (Å²) >= 11 is 0. The third kappa shape index (κ3) is 3.98. The van der Waals surface area contributed by atoms with Gasteiger partial charge in [-0.05, 0) is 43.4 Å². The van der Waals surface area contributed by atoms with Crippen molar-refractivity contribution in [3.05, 3.63) is 29.8 Å². The van der Waals surface area contributed by atoms with E-state index in [4.69, 9.17) is 5.11 Å². The van der Waals surface area contributed by atoms with Crippen LogP contribution in [0, 0.1) is 12.8 Å². The van der Waals surface area contributed by atoms with Gasteiger partial charge in [-0.25, -0.2) is 4.79 Å². The Bertz CT molecular complexity index is 502. The molecule has 0 aromatic heterocycles. The molecule has 1 fully saturated rings. The number of carboxylic acids is 1. The second-order valence-electron chi connectivity index (χ2n) is 5.35. The Balaban J connectivity index is 1.93. The van der Waals surface area contributed by atoms with Crippen molar-refractivity contribution < 1.29 is 14.7 Å². The minimum Gasteiger partial charge on any atom is -0.481 e. The molecule has 2 rings (SSSR count). The number of likely N-dealkylation sites (tertiary alicyclic amines) is 1. The van der Waals surface area contributed by atoms with Gasteiger partial charge in [0.25, 0.3) is 0 Å². The molecule has 20 heavy (non-hydrogen) atoms. The third-order valence-electron chi connectivity index (χ3n) is 3.54. The maximum Gasteiger partial charge on any atom is 0.321 e. The van der Waals surface area contributed by atoms with Gasteiger partial charge >= 0.3 is 12.0 Å². The predicted octanol–water partition coefficient (Wildman–Crippen LogP) is 2.71. The van der Waals surface area contributed by atoms with E-state index in [1.54, 1.807) is 4.90 Å². The van der Waals surface area contributed by atoms with Gasteiger partial charge in [-0.3, -0.25) is 4.79 Å². The molecule has 5 nitrogen and oxygen atoms in total. The highest BCUT2D eigenvalue weighted by Crippen LogP contribution is 2.20. The van der Waals surface area contributed by atoms with Crippen LogP contribution in [0.4, 0.5) is 10.5 Å². The van der Waals surface area contributed by atoms with Crippen LogP contribution in [0.5, 0.6) is 0 Å². The largest absolute Gasteiger partial charge is 0.481 e. The summed E-state index contributed by atoms with van der Waals surface area (Å²) in [6.45, 7) is 3.18. The summed E-state index contributed by atoms with van der Waals surface area (Å²) in [6.07, 6.45) is 1.87. The van der Waals surface area contributed by atoms with Crippen molar-refractivity contribution in [1.82, 2.24) is 4.90 Å². The molecule has 0 saturated carbocycles. The number of aliphatic carboxylic acids is 1. The summed E-state index contributed by atoms with van der Waals surface area (Å²) in [6, 6.07) is 7.49. The molecule has 1 atom stereocenters. The number of nitrogens with zero attached hydrogens (tertiary/aromatic N) is 1. The van der Waals surface area contributed by atoms with Crippen molar-refractivity contribution in [2.75, 3.05) is 18.4 Å². The number of carbonyl (C=O) groups excluding carboxylic acids is 1. The van der Waals surface area contributed by atoms with Crippen molar-refractivity contribution in [1.29, 1.82) is 0 Å². The van der Waals surface area contributed by atoms with Crippen molar-refractivity contribution >= 4 is 17.7 Å². The summed E-state index contributed by atoms with van der Waals surface area (Å²) < 4.78 is 0. The lowest BCUT2D eigenvalue weighted by molar-refractivity contribution is -0.138. The second kappa shape index (κ2) is 6.41. The van der Waals surface area contributed by atoms with E-state index in [1.165, 1.54) is 0 Å². The number of amides is 2. The number of nitrogens with one attached hydrogen (secondary N) is 1. The van der Waals surface area contributed by atoms with Crippen LogP contribution in [-0.2, 0) is 4.79 Å². The fourth-order valence-corrected chi connectivity index (χ4v) is 2.59. The summed E-state index contributed by atoms with van der Waals surface area (Å²) in [4.78, 5) is 24.6. The van der Waals surface area contributed by atoms with Gasteiger partial charge in [0.2, 0.25) is 0 Å². The average Bonchev–Trinajstić information content (AvgIpc) is 2.38. The number of carboxylic acid groups (broad SMARTS) is 1. The number of piperidine rings is 1. The number of benzene rings is 1. The second-order valence-corrected chi connectivity index (χ2v) is 5.35. The number of aryl methyl sites for hydroxylation is 1. The van der Waals surface area contributed by atoms with E-state index in [9.17, 15) is 9.59 Å². The minimum absolute atomic E-state index is 0.0597. The summed E-state index contributed by atoms with van der Waals surface area (Å²) in [7, 11) is 0. The van der Waals surface area contributed by atoms with Gasteiger partial charge in [0.1, 0.15) is 0 Å². The zero-order valence-corrected chi connectivity index (χ0v) is 11.6. The van der Waals surface area contributed by atoms with Crippen LogP contribution in [0.15, 0.2) is 24.3 Å². The van der Waals surface area contributed by atoms with Crippen molar-refractivity contribution in [2.45, 2.75) is 26.2 Å². The van der Waals surface area contributed by atoms with Gasteiger partial charge < -0.3 is 15.3 Å². The molecular formula is C15H20N2O3. The van der Waals surface area contributed by atoms with E-state index < -0.39 is 5.97 Å². The molecule has 0 spiro atoms. The van der Waals surface area contributed by atoms with Crippen molar-refractivity contribution in [2.24, 2.45) is 5.92 Å². The molecule has 2 N–H and O–H groups in total. The molecule has 2 amide bonds. The lowest BCUT2D eigenvalue weighted by atomic mass is 9.95. The maximum atomic E-state index is 12.2. The standard InChI is InChI=1S/C15H20N2O3/c1-11-4-2-6-13(8-11)16-15(20)17-7-3-5-12(10-17)9-14(18)19/h2,4,6,8,12H,3,5,7,9-10H2,1H3,(H,16,20)(H,18,19). The van der Waals surface area contributed by atoms with Gasteiger partial charge in [-0.15, -0.1) is 0 Å². The van der Waals surface area contributed by atoms with E-state index in [-0.39, 0.29) is 18.4 Å². The smallest absolute Gasteiger partial charge is 0.321 e. The Labute approximate surface area is 118 Å². The molecule has 1 saturated heterocycles. The Hall–Kier alpha value is -2.04. The van der Waals surface area contributed by atoms with Gasteiger partial charge in [0.15, 0.2) is 0 Å². The van der Waals surface area contributed by atoms with Gasteiger partial charge in [0.05, 0.1) is 0 Å². The highest BCUT2D eigenvalue weighted by atomic mass is 16.4. The van der Waals surface area contributed by atoms with E-state index in [0.717, 1.165) is 24.1 Å². The van der Waals surface area contributed by atoms with Crippen LogP contribution in [0.25, 0.3) is 0 Å².